The van der Waals surface area contributed by atoms with Gasteiger partial charge in [-0.05, 0) is 23.1 Å². The molecule has 0 fully saturated rings. The average Bonchev–Trinajstić information content (AvgIpc) is 2.91. The van der Waals surface area contributed by atoms with E-state index in [1.807, 2.05) is 24.3 Å². The molecule has 1 aromatic carbocycles. The van der Waals surface area contributed by atoms with Crippen molar-refractivity contribution in [3.8, 4) is 0 Å². The summed E-state index contributed by atoms with van der Waals surface area (Å²) >= 11 is 0. The lowest BCUT2D eigenvalue weighted by Crippen LogP contribution is -2.28. The number of carbonyl (C=O) groups excluding carboxylic acids is 1. The van der Waals surface area contributed by atoms with Gasteiger partial charge in [-0.1, -0.05) is 38.1 Å². The highest BCUT2D eigenvalue weighted by Crippen LogP contribution is 2.18. The number of hydrogen-bond acceptors (Lipinski definition) is 3. The van der Waals surface area contributed by atoms with Gasteiger partial charge >= 0.3 is 0 Å². The van der Waals surface area contributed by atoms with Gasteiger partial charge in [-0.25, -0.2) is 0 Å². The quantitative estimate of drug-likeness (QED) is 0.884. The van der Waals surface area contributed by atoms with Gasteiger partial charge in [0.05, 0.1) is 6.10 Å². The molecule has 5 nitrogen and oxygen atoms in total. The van der Waals surface area contributed by atoms with Crippen molar-refractivity contribution in [3.05, 3.63) is 53.3 Å². The average molecular weight is 287 g/mol. The van der Waals surface area contributed by atoms with Crippen molar-refractivity contribution in [1.29, 1.82) is 0 Å². The van der Waals surface area contributed by atoms with Gasteiger partial charge in [0.25, 0.3) is 5.91 Å². The molecular formula is C16H21N3O2. The van der Waals surface area contributed by atoms with Crippen molar-refractivity contribution >= 4 is 5.91 Å². The van der Waals surface area contributed by atoms with Gasteiger partial charge in [0, 0.05) is 19.8 Å². The van der Waals surface area contributed by atoms with E-state index in [9.17, 15) is 9.90 Å². The van der Waals surface area contributed by atoms with Crippen LogP contribution in [0.5, 0.6) is 0 Å². The lowest BCUT2D eigenvalue weighted by molar-refractivity contribution is 0.0910. The van der Waals surface area contributed by atoms with Crippen molar-refractivity contribution in [2.45, 2.75) is 25.9 Å². The molecule has 112 valence electrons. The first-order valence-corrected chi connectivity index (χ1v) is 7.03. The highest BCUT2D eigenvalue weighted by Gasteiger charge is 2.12. The van der Waals surface area contributed by atoms with Crippen molar-refractivity contribution in [2.75, 3.05) is 6.54 Å². The molecule has 0 radical (unpaired) electrons. The van der Waals surface area contributed by atoms with Crippen LogP contribution < -0.4 is 5.32 Å². The van der Waals surface area contributed by atoms with Crippen LogP contribution in [-0.2, 0) is 7.05 Å². The Morgan fingerprint density at radius 3 is 2.38 bits per heavy atom. The summed E-state index contributed by atoms with van der Waals surface area (Å²) in [6.07, 6.45) is 0.981. The van der Waals surface area contributed by atoms with E-state index in [-0.39, 0.29) is 12.5 Å². The first kappa shape index (κ1) is 15.3. The van der Waals surface area contributed by atoms with Crippen molar-refractivity contribution in [1.82, 2.24) is 15.1 Å². The highest BCUT2D eigenvalue weighted by atomic mass is 16.3. The van der Waals surface area contributed by atoms with Crippen molar-refractivity contribution in [2.24, 2.45) is 7.05 Å². The number of aromatic nitrogens is 2. The fourth-order valence-electron chi connectivity index (χ4n) is 2.04. The Morgan fingerprint density at radius 2 is 1.86 bits per heavy atom. The third kappa shape index (κ3) is 3.92. The summed E-state index contributed by atoms with van der Waals surface area (Å²) in [5.74, 6) is 0.175. The SMILES string of the molecule is CC(C)c1ccc(C(O)CNC(=O)c2ccn(C)n2)cc1. The maximum absolute atomic E-state index is 11.8. The summed E-state index contributed by atoms with van der Waals surface area (Å²) in [4.78, 5) is 11.8. The van der Waals surface area contributed by atoms with Crippen molar-refractivity contribution < 1.29 is 9.90 Å². The first-order valence-electron chi connectivity index (χ1n) is 7.03. The minimum Gasteiger partial charge on any atom is -0.387 e. The van der Waals surface area contributed by atoms with Crippen LogP contribution >= 0.6 is 0 Å². The fraction of sp³-hybridized carbons (Fsp3) is 0.375. The molecule has 21 heavy (non-hydrogen) atoms. The molecule has 0 aliphatic carbocycles. The molecule has 1 aromatic heterocycles. The van der Waals surface area contributed by atoms with Gasteiger partial charge in [0.1, 0.15) is 5.69 Å². The van der Waals surface area contributed by atoms with Gasteiger partial charge in [-0.15, -0.1) is 0 Å². The van der Waals surface area contributed by atoms with E-state index >= 15 is 0 Å². The maximum atomic E-state index is 11.8. The number of aryl methyl sites for hydroxylation is 1. The van der Waals surface area contributed by atoms with Gasteiger partial charge in [0.15, 0.2) is 0 Å². The zero-order chi connectivity index (χ0) is 15.4. The number of amides is 1. The Labute approximate surface area is 124 Å². The standard InChI is InChI=1S/C16H21N3O2/c1-11(2)12-4-6-13(7-5-12)15(20)10-17-16(21)14-8-9-19(3)18-14/h4-9,11,15,20H,10H2,1-3H3,(H,17,21). The molecule has 0 aliphatic heterocycles. The third-order valence-electron chi connectivity index (χ3n) is 3.39. The molecule has 5 heteroatoms. The molecule has 0 saturated carbocycles. The zero-order valence-electron chi connectivity index (χ0n) is 12.6. The van der Waals surface area contributed by atoms with Gasteiger partial charge in [-0.2, -0.15) is 5.10 Å². The second kappa shape index (κ2) is 6.54. The van der Waals surface area contributed by atoms with E-state index in [0.29, 0.717) is 11.6 Å². The Balaban J connectivity index is 1.92. The Hall–Kier alpha value is -2.14. The van der Waals surface area contributed by atoms with E-state index in [1.165, 1.54) is 5.56 Å². The summed E-state index contributed by atoms with van der Waals surface area (Å²) in [6, 6.07) is 9.44. The summed E-state index contributed by atoms with van der Waals surface area (Å²) in [7, 11) is 1.75. The number of carbonyl (C=O) groups is 1. The predicted octanol–water partition coefficient (Wildman–Crippen LogP) is 2.01. The Morgan fingerprint density at radius 1 is 1.24 bits per heavy atom. The molecule has 2 aromatic rings. The lowest BCUT2D eigenvalue weighted by atomic mass is 10.00. The number of aliphatic hydroxyl groups is 1. The normalized spacial score (nSPS) is 12.4. The van der Waals surface area contributed by atoms with Crippen LogP contribution in [-0.4, -0.2) is 27.3 Å². The molecule has 0 saturated heterocycles. The first-order chi connectivity index (χ1) is 9.97. The molecule has 0 spiro atoms. The molecule has 2 N–H and O–H groups in total. The van der Waals surface area contributed by atoms with Gasteiger partial charge in [-0.3, -0.25) is 9.48 Å². The smallest absolute Gasteiger partial charge is 0.271 e. The van der Waals surface area contributed by atoms with E-state index < -0.39 is 6.10 Å². The summed E-state index contributed by atoms with van der Waals surface area (Å²) < 4.78 is 1.57. The molecule has 1 atom stereocenters. The second-order valence-corrected chi connectivity index (χ2v) is 5.42. The maximum Gasteiger partial charge on any atom is 0.271 e. The lowest BCUT2D eigenvalue weighted by Gasteiger charge is -2.13. The number of rotatable bonds is 5. The van der Waals surface area contributed by atoms with Crippen LogP contribution in [0.25, 0.3) is 0 Å². The van der Waals surface area contributed by atoms with E-state index in [1.54, 1.807) is 24.0 Å². The van der Waals surface area contributed by atoms with E-state index in [0.717, 1.165) is 5.56 Å². The molecule has 0 bridgehead atoms. The Bertz CT molecular complexity index is 602. The number of hydrogen-bond donors (Lipinski definition) is 2. The van der Waals surface area contributed by atoms with Crippen LogP contribution in [0.3, 0.4) is 0 Å². The van der Waals surface area contributed by atoms with Crippen LogP contribution in [0, 0.1) is 0 Å². The number of nitrogens with zero attached hydrogens (tertiary/aromatic N) is 2. The van der Waals surface area contributed by atoms with E-state index in [4.69, 9.17) is 0 Å². The monoisotopic (exact) mass is 287 g/mol. The molecule has 1 amide bonds. The van der Waals surface area contributed by atoms with Gasteiger partial charge < -0.3 is 10.4 Å². The minimum atomic E-state index is -0.723. The molecular weight excluding hydrogens is 266 g/mol. The summed E-state index contributed by atoms with van der Waals surface area (Å²) in [6.45, 7) is 4.41. The summed E-state index contributed by atoms with van der Waals surface area (Å²) in [5, 5.41) is 16.8. The largest absolute Gasteiger partial charge is 0.387 e. The van der Waals surface area contributed by atoms with Crippen LogP contribution in [0.15, 0.2) is 36.5 Å². The minimum absolute atomic E-state index is 0.163. The zero-order valence-corrected chi connectivity index (χ0v) is 12.6. The second-order valence-electron chi connectivity index (χ2n) is 5.42. The van der Waals surface area contributed by atoms with Gasteiger partial charge in [0.2, 0.25) is 0 Å². The van der Waals surface area contributed by atoms with Crippen LogP contribution in [0.4, 0.5) is 0 Å². The molecule has 2 rings (SSSR count). The summed E-state index contributed by atoms with van der Waals surface area (Å²) in [5.41, 5.74) is 2.36. The predicted molar refractivity (Wildman–Crippen MR) is 81.0 cm³/mol. The van der Waals surface area contributed by atoms with Crippen molar-refractivity contribution in [3.63, 3.8) is 0 Å². The topological polar surface area (TPSA) is 67.2 Å². The highest BCUT2D eigenvalue weighted by molar-refractivity contribution is 5.92. The fourth-order valence-corrected chi connectivity index (χ4v) is 2.04. The number of aliphatic hydroxyl groups excluding tert-OH is 1. The molecule has 1 heterocycles. The molecule has 0 aliphatic rings. The van der Waals surface area contributed by atoms with E-state index in [2.05, 4.69) is 24.3 Å². The third-order valence-corrected chi connectivity index (χ3v) is 3.39. The Kier molecular flexibility index (Phi) is 4.75. The number of nitrogens with one attached hydrogen (secondary N) is 1. The van der Waals surface area contributed by atoms with Crippen LogP contribution in [0.2, 0.25) is 0 Å². The number of benzene rings is 1. The molecule has 1 unspecified atom stereocenters. The van der Waals surface area contributed by atoms with Crippen LogP contribution in [0.1, 0.15) is 47.5 Å².